The van der Waals surface area contributed by atoms with Crippen LogP contribution >= 0.6 is 11.3 Å². The molecule has 92 valence electrons. The Kier molecular flexibility index (Phi) is 2.56. The molecule has 0 saturated carbocycles. The van der Waals surface area contributed by atoms with Gasteiger partial charge < -0.3 is 11.1 Å². The molecule has 1 aliphatic heterocycles. The van der Waals surface area contributed by atoms with Crippen molar-refractivity contribution in [1.82, 2.24) is 4.98 Å². The van der Waals surface area contributed by atoms with E-state index < -0.39 is 0 Å². The van der Waals surface area contributed by atoms with Gasteiger partial charge in [-0.25, -0.2) is 4.98 Å². The number of carbonyl (C=O) groups excluding carboxylic acids is 1. The number of nitrogens with one attached hydrogen (secondary N) is 1. The first-order valence-corrected chi connectivity index (χ1v) is 6.66. The highest BCUT2D eigenvalue weighted by atomic mass is 32.1. The molecular formula is C13H13N3OS. The molecule has 0 spiro atoms. The largest absolute Gasteiger partial charge is 0.375 e. The van der Waals surface area contributed by atoms with Crippen molar-refractivity contribution in [2.24, 2.45) is 0 Å². The van der Waals surface area contributed by atoms with E-state index in [4.69, 9.17) is 5.73 Å². The fourth-order valence-corrected chi connectivity index (χ4v) is 2.83. The fourth-order valence-electron chi connectivity index (χ4n) is 2.27. The van der Waals surface area contributed by atoms with Gasteiger partial charge in [0.1, 0.15) is 0 Å². The summed E-state index contributed by atoms with van der Waals surface area (Å²) in [5, 5.41) is 5.41. The zero-order chi connectivity index (χ0) is 12.7. The first-order valence-electron chi connectivity index (χ1n) is 5.78. The van der Waals surface area contributed by atoms with E-state index in [1.54, 1.807) is 0 Å². The highest BCUT2D eigenvalue weighted by Crippen LogP contribution is 2.36. The van der Waals surface area contributed by atoms with Crippen LogP contribution in [0.2, 0.25) is 0 Å². The van der Waals surface area contributed by atoms with Gasteiger partial charge >= 0.3 is 0 Å². The Balaban J connectivity index is 2.19. The molecule has 5 heteroatoms. The summed E-state index contributed by atoms with van der Waals surface area (Å²) in [6.45, 7) is 2.05. The number of nitrogens with zero attached hydrogens (tertiary/aromatic N) is 1. The van der Waals surface area contributed by atoms with Crippen molar-refractivity contribution in [1.29, 1.82) is 0 Å². The second-order valence-corrected chi connectivity index (χ2v) is 5.36. The van der Waals surface area contributed by atoms with Gasteiger partial charge in [0.05, 0.1) is 11.4 Å². The molecule has 2 heterocycles. The Morgan fingerprint density at radius 1 is 1.39 bits per heavy atom. The number of benzene rings is 1. The average Bonchev–Trinajstić information content (AvgIpc) is 2.75. The highest BCUT2D eigenvalue weighted by Gasteiger charge is 2.20. The molecule has 0 atom stereocenters. The number of hydrogen-bond donors (Lipinski definition) is 2. The maximum atomic E-state index is 11.5. The van der Waals surface area contributed by atoms with Crippen LogP contribution in [0.1, 0.15) is 17.5 Å². The van der Waals surface area contributed by atoms with Gasteiger partial charge in [-0.3, -0.25) is 4.79 Å². The molecule has 1 aromatic carbocycles. The Morgan fingerprint density at radius 2 is 2.22 bits per heavy atom. The summed E-state index contributed by atoms with van der Waals surface area (Å²) in [4.78, 5) is 15.8. The topological polar surface area (TPSA) is 68.0 Å². The minimum Gasteiger partial charge on any atom is -0.375 e. The monoisotopic (exact) mass is 259 g/mol. The van der Waals surface area contributed by atoms with E-state index in [0.29, 0.717) is 11.6 Å². The van der Waals surface area contributed by atoms with E-state index in [9.17, 15) is 4.79 Å². The van der Waals surface area contributed by atoms with Crippen LogP contribution in [0.15, 0.2) is 17.5 Å². The molecule has 0 saturated heterocycles. The lowest BCUT2D eigenvalue weighted by atomic mass is 9.95. The standard InChI is InChI=1S/C13H13N3OS/c1-7-4-8-2-3-11(17)16-12(8)9(5-7)10-6-18-13(14)15-10/h4-6H,2-3H2,1H3,(H2,14,15)(H,16,17). The highest BCUT2D eigenvalue weighted by molar-refractivity contribution is 7.13. The van der Waals surface area contributed by atoms with Gasteiger partial charge in [-0.2, -0.15) is 0 Å². The van der Waals surface area contributed by atoms with E-state index in [0.717, 1.165) is 23.4 Å². The minimum atomic E-state index is 0.0656. The van der Waals surface area contributed by atoms with Gasteiger partial charge in [-0.15, -0.1) is 11.3 Å². The summed E-state index contributed by atoms with van der Waals surface area (Å²) < 4.78 is 0. The lowest BCUT2D eigenvalue weighted by Gasteiger charge is -2.20. The lowest BCUT2D eigenvalue weighted by molar-refractivity contribution is -0.116. The maximum Gasteiger partial charge on any atom is 0.224 e. The van der Waals surface area contributed by atoms with Crippen LogP contribution in [0.3, 0.4) is 0 Å². The summed E-state index contributed by atoms with van der Waals surface area (Å²) in [5.74, 6) is 0.0656. The number of hydrogen-bond acceptors (Lipinski definition) is 4. The summed E-state index contributed by atoms with van der Waals surface area (Å²) in [5.41, 5.74) is 10.7. The molecule has 4 nitrogen and oxygen atoms in total. The molecule has 0 unspecified atom stereocenters. The number of carbonyl (C=O) groups is 1. The van der Waals surface area contributed by atoms with Crippen LogP contribution in [-0.4, -0.2) is 10.9 Å². The van der Waals surface area contributed by atoms with E-state index in [1.165, 1.54) is 22.5 Å². The number of rotatable bonds is 1. The second-order valence-electron chi connectivity index (χ2n) is 4.47. The molecule has 2 aromatic rings. The zero-order valence-electron chi connectivity index (χ0n) is 9.99. The molecule has 0 aliphatic carbocycles. The quantitative estimate of drug-likeness (QED) is 0.827. The number of amides is 1. The van der Waals surface area contributed by atoms with Gasteiger partial charge in [0.2, 0.25) is 5.91 Å². The minimum absolute atomic E-state index is 0.0656. The average molecular weight is 259 g/mol. The second kappa shape index (κ2) is 4.10. The number of fused-ring (bicyclic) bond motifs is 1. The molecule has 3 rings (SSSR count). The number of nitrogen functional groups attached to an aromatic ring is 1. The third-order valence-electron chi connectivity index (χ3n) is 3.05. The van der Waals surface area contributed by atoms with Crippen molar-refractivity contribution in [2.75, 3.05) is 11.1 Å². The Hall–Kier alpha value is -1.88. The molecule has 0 fully saturated rings. The van der Waals surface area contributed by atoms with E-state index in [2.05, 4.69) is 23.3 Å². The first kappa shape index (κ1) is 11.2. The van der Waals surface area contributed by atoms with Crippen LogP contribution < -0.4 is 11.1 Å². The fraction of sp³-hybridized carbons (Fsp3) is 0.231. The van der Waals surface area contributed by atoms with Gasteiger partial charge in [0.15, 0.2) is 5.13 Å². The molecule has 1 aromatic heterocycles. The van der Waals surface area contributed by atoms with Gasteiger partial charge in [-0.05, 0) is 25.0 Å². The van der Waals surface area contributed by atoms with Gasteiger partial charge in [0, 0.05) is 17.4 Å². The van der Waals surface area contributed by atoms with Crippen LogP contribution in [0, 0.1) is 6.92 Å². The number of aryl methyl sites for hydroxylation is 2. The molecule has 3 N–H and O–H groups in total. The van der Waals surface area contributed by atoms with Crippen molar-refractivity contribution in [2.45, 2.75) is 19.8 Å². The zero-order valence-corrected chi connectivity index (χ0v) is 10.8. The number of anilines is 2. The van der Waals surface area contributed by atoms with Gasteiger partial charge in [0.25, 0.3) is 0 Å². The summed E-state index contributed by atoms with van der Waals surface area (Å²) in [7, 11) is 0. The maximum absolute atomic E-state index is 11.5. The van der Waals surface area contributed by atoms with E-state index >= 15 is 0 Å². The third kappa shape index (κ3) is 1.86. The predicted octanol–water partition coefficient (Wildman–Crippen LogP) is 2.59. The molecular weight excluding hydrogens is 246 g/mol. The van der Waals surface area contributed by atoms with Crippen molar-refractivity contribution >= 4 is 28.1 Å². The molecule has 0 bridgehead atoms. The Labute approximate surface area is 109 Å². The van der Waals surface area contributed by atoms with E-state index in [1.807, 2.05) is 11.4 Å². The van der Waals surface area contributed by atoms with Crippen LogP contribution in [0.25, 0.3) is 11.3 Å². The smallest absolute Gasteiger partial charge is 0.224 e. The first-order chi connectivity index (χ1) is 8.63. The van der Waals surface area contributed by atoms with Crippen LogP contribution in [-0.2, 0) is 11.2 Å². The number of aromatic nitrogens is 1. The number of thiazole rings is 1. The number of nitrogens with two attached hydrogens (primary N) is 1. The van der Waals surface area contributed by atoms with Crippen LogP contribution in [0.5, 0.6) is 0 Å². The summed E-state index contributed by atoms with van der Waals surface area (Å²) in [6, 6.07) is 4.16. The molecule has 1 aliphatic rings. The van der Waals surface area contributed by atoms with Crippen molar-refractivity contribution in [3.63, 3.8) is 0 Å². The third-order valence-corrected chi connectivity index (χ3v) is 3.72. The molecule has 1 amide bonds. The molecule has 0 radical (unpaired) electrons. The summed E-state index contributed by atoms with van der Waals surface area (Å²) >= 11 is 1.41. The SMILES string of the molecule is Cc1cc2c(c(-c3csc(N)n3)c1)NC(=O)CC2. The molecule has 18 heavy (non-hydrogen) atoms. The van der Waals surface area contributed by atoms with Crippen molar-refractivity contribution < 1.29 is 4.79 Å². The van der Waals surface area contributed by atoms with Gasteiger partial charge in [-0.1, -0.05) is 11.6 Å². The van der Waals surface area contributed by atoms with Crippen molar-refractivity contribution in [3.8, 4) is 11.3 Å². The lowest BCUT2D eigenvalue weighted by Crippen LogP contribution is -2.19. The Morgan fingerprint density at radius 3 is 2.94 bits per heavy atom. The van der Waals surface area contributed by atoms with Crippen molar-refractivity contribution in [3.05, 3.63) is 28.6 Å². The summed E-state index contributed by atoms with van der Waals surface area (Å²) in [6.07, 6.45) is 1.34. The normalized spacial score (nSPS) is 14.2. The van der Waals surface area contributed by atoms with E-state index in [-0.39, 0.29) is 5.91 Å². The Bertz CT molecular complexity index is 633. The predicted molar refractivity (Wildman–Crippen MR) is 73.7 cm³/mol. The van der Waals surface area contributed by atoms with Crippen LogP contribution in [0.4, 0.5) is 10.8 Å².